The van der Waals surface area contributed by atoms with E-state index in [1.807, 2.05) is 18.2 Å². The van der Waals surface area contributed by atoms with Gasteiger partial charge in [-0.15, -0.1) is 11.3 Å². The predicted molar refractivity (Wildman–Crippen MR) is 94.6 cm³/mol. The van der Waals surface area contributed by atoms with Crippen molar-refractivity contribution in [3.05, 3.63) is 66.7 Å². The smallest absolute Gasteiger partial charge is 0.423 e. The molecule has 22 heavy (non-hydrogen) atoms. The molecule has 0 aliphatic carbocycles. The van der Waals surface area contributed by atoms with Gasteiger partial charge in [0.15, 0.2) is 0 Å². The van der Waals surface area contributed by atoms with E-state index in [1.54, 1.807) is 17.4 Å². The molecule has 2 N–H and O–H groups in total. The molecule has 0 spiro atoms. The van der Waals surface area contributed by atoms with Crippen molar-refractivity contribution in [3.63, 3.8) is 0 Å². The number of thiophene rings is 1. The predicted octanol–water partition coefficient (Wildman–Crippen LogP) is 3.40. The summed E-state index contributed by atoms with van der Waals surface area (Å²) in [6.07, 6.45) is 0. The molecule has 0 amide bonds. The van der Waals surface area contributed by atoms with Gasteiger partial charge in [-0.05, 0) is 28.7 Å². The second-order valence-electron chi connectivity index (χ2n) is 5.28. The van der Waals surface area contributed by atoms with E-state index >= 15 is 0 Å². The SMILES string of the molecule is OB(O)c1cccc(-c2cccc3sc4ccccc4c23)c1. The first-order valence-electron chi connectivity index (χ1n) is 7.11. The van der Waals surface area contributed by atoms with Crippen LogP contribution in [-0.2, 0) is 0 Å². The van der Waals surface area contributed by atoms with Gasteiger partial charge in [0, 0.05) is 20.2 Å². The Hall–Kier alpha value is -2.14. The van der Waals surface area contributed by atoms with Crippen LogP contribution in [0.2, 0.25) is 0 Å². The quantitative estimate of drug-likeness (QED) is 0.557. The largest absolute Gasteiger partial charge is 0.488 e. The summed E-state index contributed by atoms with van der Waals surface area (Å²) in [7, 11) is -1.45. The molecule has 106 valence electrons. The van der Waals surface area contributed by atoms with Crippen LogP contribution in [0.3, 0.4) is 0 Å². The first-order valence-corrected chi connectivity index (χ1v) is 7.92. The third-order valence-electron chi connectivity index (χ3n) is 3.90. The molecule has 0 saturated heterocycles. The van der Waals surface area contributed by atoms with Gasteiger partial charge in [0.2, 0.25) is 0 Å². The fraction of sp³-hybridized carbons (Fsp3) is 0. The van der Waals surface area contributed by atoms with E-state index in [0.717, 1.165) is 11.1 Å². The molecule has 0 unspecified atom stereocenters. The van der Waals surface area contributed by atoms with Crippen LogP contribution in [0.15, 0.2) is 66.7 Å². The molecule has 0 aliphatic heterocycles. The Balaban J connectivity index is 2.04. The Labute approximate surface area is 132 Å². The lowest BCUT2D eigenvalue weighted by atomic mass is 9.79. The molecule has 0 atom stereocenters. The molecule has 0 bridgehead atoms. The van der Waals surface area contributed by atoms with Crippen LogP contribution in [0.1, 0.15) is 0 Å². The van der Waals surface area contributed by atoms with E-state index in [1.165, 1.54) is 20.2 Å². The van der Waals surface area contributed by atoms with Crippen molar-refractivity contribution in [3.8, 4) is 11.1 Å². The third-order valence-corrected chi connectivity index (χ3v) is 5.03. The Morgan fingerprint density at radius 2 is 1.55 bits per heavy atom. The first kappa shape index (κ1) is 13.5. The average molecular weight is 304 g/mol. The summed E-state index contributed by atoms with van der Waals surface area (Å²) in [4.78, 5) is 0. The standard InChI is InChI=1S/C18H13BO2S/c20-19(21)13-6-3-5-12(11-13)14-8-4-10-17-18(14)15-7-1-2-9-16(15)22-17/h1-11,20-21H. The molecule has 2 nitrogen and oxygen atoms in total. The topological polar surface area (TPSA) is 40.5 Å². The summed E-state index contributed by atoms with van der Waals surface area (Å²) in [6.45, 7) is 0. The zero-order valence-corrected chi connectivity index (χ0v) is 12.5. The molecule has 4 rings (SSSR count). The summed E-state index contributed by atoms with van der Waals surface area (Å²) in [5.41, 5.74) is 2.63. The minimum absolute atomic E-state index is 0.508. The summed E-state index contributed by atoms with van der Waals surface area (Å²) < 4.78 is 2.51. The van der Waals surface area contributed by atoms with Gasteiger partial charge in [0.25, 0.3) is 0 Å². The minimum atomic E-state index is -1.45. The van der Waals surface area contributed by atoms with Crippen molar-refractivity contribution < 1.29 is 10.0 Å². The van der Waals surface area contributed by atoms with Crippen LogP contribution in [0.4, 0.5) is 0 Å². The lowest BCUT2D eigenvalue weighted by Crippen LogP contribution is -2.29. The van der Waals surface area contributed by atoms with Crippen molar-refractivity contribution in [1.82, 2.24) is 0 Å². The fourth-order valence-electron chi connectivity index (χ4n) is 2.88. The van der Waals surface area contributed by atoms with E-state index in [-0.39, 0.29) is 0 Å². The second kappa shape index (κ2) is 5.25. The van der Waals surface area contributed by atoms with E-state index in [9.17, 15) is 10.0 Å². The first-order chi connectivity index (χ1) is 10.7. The van der Waals surface area contributed by atoms with Gasteiger partial charge in [-0.3, -0.25) is 0 Å². The van der Waals surface area contributed by atoms with Gasteiger partial charge >= 0.3 is 7.12 Å². The van der Waals surface area contributed by atoms with Crippen LogP contribution in [0.25, 0.3) is 31.3 Å². The summed E-state index contributed by atoms with van der Waals surface area (Å²) in [5.74, 6) is 0. The Kier molecular flexibility index (Phi) is 3.23. The van der Waals surface area contributed by atoms with Gasteiger partial charge in [0.05, 0.1) is 0 Å². The van der Waals surface area contributed by atoms with Crippen LogP contribution in [0.5, 0.6) is 0 Å². The molecule has 4 aromatic rings. The van der Waals surface area contributed by atoms with Crippen LogP contribution in [0, 0.1) is 0 Å². The van der Waals surface area contributed by atoms with Crippen LogP contribution in [-0.4, -0.2) is 17.2 Å². The van der Waals surface area contributed by atoms with E-state index in [4.69, 9.17) is 0 Å². The number of fused-ring (bicyclic) bond motifs is 3. The normalized spacial score (nSPS) is 11.2. The summed E-state index contributed by atoms with van der Waals surface area (Å²) >= 11 is 1.78. The van der Waals surface area contributed by atoms with Crippen LogP contribution < -0.4 is 5.46 Å². The van der Waals surface area contributed by atoms with E-state index < -0.39 is 7.12 Å². The van der Waals surface area contributed by atoms with Crippen molar-refractivity contribution in [2.75, 3.05) is 0 Å². The van der Waals surface area contributed by atoms with Gasteiger partial charge < -0.3 is 10.0 Å². The lowest BCUT2D eigenvalue weighted by Gasteiger charge is -2.07. The van der Waals surface area contributed by atoms with Gasteiger partial charge in [-0.2, -0.15) is 0 Å². The molecule has 3 aromatic carbocycles. The molecule has 1 aromatic heterocycles. The highest BCUT2D eigenvalue weighted by atomic mass is 32.1. The van der Waals surface area contributed by atoms with Crippen LogP contribution >= 0.6 is 11.3 Å². The molecular formula is C18H13BO2S. The zero-order valence-electron chi connectivity index (χ0n) is 11.7. The number of rotatable bonds is 2. The molecule has 1 heterocycles. The van der Waals surface area contributed by atoms with E-state index in [0.29, 0.717) is 5.46 Å². The molecule has 0 radical (unpaired) electrons. The summed E-state index contributed by atoms with van der Waals surface area (Å²) in [6, 6.07) is 22.1. The number of hydrogen-bond acceptors (Lipinski definition) is 3. The van der Waals surface area contributed by atoms with E-state index in [2.05, 4.69) is 42.5 Å². The zero-order chi connectivity index (χ0) is 15.1. The monoisotopic (exact) mass is 304 g/mol. The van der Waals surface area contributed by atoms with Gasteiger partial charge in [-0.25, -0.2) is 0 Å². The van der Waals surface area contributed by atoms with Crippen molar-refractivity contribution in [2.24, 2.45) is 0 Å². The summed E-state index contributed by atoms with van der Waals surface area (Å²) in [5, 5.41) is 21.3. The maximum Gasteiger partial charge on any atom is 0.488 e. The lowest BCUT2D eigenvalue weighted by molar-refractivity contribution is 0.426. The molecule has 0 saturated carbocycles. The highest BCUT2D eigenvalue weighted by Crippen LogP contribution is 2.39. The number of hydrogen-bond donors (Lipinski definition) is 2. The maximum atomic E-state index is 9.40. The molecule has 0 fully saturated rings. The Morgan fingerprint density at radius 3 is 2.41 bits per heavy atom. The molecule has 4 heteroatoms. The third kappa shape index (κ3) is 2.13. The Bertz CT molecular complexity index is 975. The number of benzene rings is 3. The van der Waals surface area contributed by atoms with Gasteiger partial charge in [-0.1, -0.05) is 54.6 Å². The maximum absolute atomic E-state index is 9.40. The molecular weight excluding hydrogens is 291 g/mol. The average Bonchev–Trinajstić information content (AvgIpc) is 2.93. The Morgan fingerprint density at radius 1 is 0.773 bits per heavy atom. The van der Waals surface area contributed by atoms with Gasteiger partial charge in [0.1, 0.15) is 0 Å². The van der Waals surface area contributed by atoms with Crippen molar-refractivity contribution in [1.29, 1.82) is 0 Å². The fourth-order valence-corrected chi connectivity index (χ4v) is 4.01. The van der Waals surface area contributed by atoms with Crippen molar-refractivity contribution >= 4 is 44.1 Å². The highest BCUT2D eigenvalue weighted by Gasteiger charge is 2.14. The molecule has 0 aliphatic rings. The minimum Gasteiger partial charge on any atom is -0.423 e. The highest BCUT2D eigenvalue weighted by molar-refractivity contribution is 7.25. The van der Waals surface area contributed by atoms with Crippen molar-refractivity contribution in [2.45, 2.75) is 0 Å². The second-order valence-corrected chi connectivity index (χ2v) is 6.36.